The second kappa shape index (κ2) is 13.6. The number of carbonyl (C=O) groups excluding carboxylic acids is 3. The lowest BCUT2D eigenvalue weighted by Gasteiger charge is -2.29. The smallest absolute Gasteiger partial charge is 0.407 e. The van der Waals surface area contributed by atoms with E-state index in [1.54, 1.807) is 0 Å². The van der Waals surface area contributed by atoms with E-state index in [-0.39, 0.29) is 18.2 Å². The van der Waals surface area contributed by atoms with Crippen molar-refractivity contribution < 1.29 is 46.9 Å². The molecule has 2 amide bonds. The van der Waals surface area contributed by atoms with Crippen molar-refractivity contribution >= 4 is 23.8 Å². The molecule has 1 saturated carbocycles. The zero-order valence-corrected chi connectivity index (χ0v) is 21.2. The number of benzene rings is 2. The van der Waals surface area contributed by atoms with Gasteiger partial charge in [-0.1, -0.05) is 30.3 Å². The quantitative estimate of drug-likeness (QED) is 0.363. The van der Waals surface area contributed by atoms with E-state index in [2.05, 4.69) is 10.6 Å². The van der Waals surface area contributed by atoms with Crippen LogP contribution < -0.4 is 15.4 Å². The summed E-state index contributed by atoms with van der Waals surface area (Å²) < 4.78 is 51.7. The Kier molecular flexibility index (Phi) is 10.3. The molecule has 0 aromatic heterocycles. The van der Waals surface area contributed by atoms with Crippen LogP contribution in [0.1, 0.15) is 43.2 Å². The molecule has 9 nitrogen and oxygen atoms in total. The Hall–Kier alpha value is -4.09. The number of halogens is 3. The van der Waals surface area contributed by atoms with Crippen LogP contribution in [0.3, 0.4) is 0 Å². The summed E-state index contributed by atoms with van der Waals surface area (Å²) in [6.07, 6.45) is 0.261. The van der Waals surface area contributed by atoms with Crippen LogP contribution in [0, 0.1) is 30.3 Å². The highest BCUT2D eigenvalue weighted by molar-refractivity contribution is 5.93. The highest BCUT2D eigenvalue weighted by Crippen LogP contribution is 2.27. The number of Topliss-reactive ketones (excluding diaryl/α,β-unsaturated/α-hetero) is 1. The summed E-state index contributed by atoms with van der Waals surface area (Å²) in [5, 5.41) is 14.3. The maximum absolute atomic E-state index is 14.1. The minimum absolute atomic E-state index is 0.116. The molecule has 3 N–H and O–H groups in total. The van der Waals surface area contributed by atoms with Crippen LogP contribution in [0.5, 0.6) is 5.75 Å². The second-order valence-corrected chi connectivity index (χ2v) is 9.30. The molecule has 2 aromatic rings. The molecule has 0 aliphatic heterocycles. The van der Waals surface area contributed by atoms with Crippen molar-refractivity contribution in [1.82, 2.24) is 10.6 Å². The number of ketones is 1. The lowest BCUT2D eigenvalue weighted by Crippen LogP contribution is -2.48. The zero-order valence-electron chi connectivity index (χ0n) is 21.2. The normalized spacial score (nSPS) is 17.5. The van der Waals surface area contributed by atoms with Gasteiger partial charge in [-0.15, -0.1) is 0 Å². The van der Waals surface area contributed by atoms with E-state index in [1.807, 2.05) is 30.3 Å². The maximum atomic E-state index is 14.1. The van der Waals surface area contributed by atoms with Crippen LogP contribution in [0.2, 0.25) is 0 Å². The largest absolute Gasteiger partial charge is 0.481 e. The number of carboxylic acid groups (broad SMARTS) is 1. The fourth-order valence-corrected chi connectivity index (χ4v) is 4.21. The van der Waals surface area contributed by atoms with E-state index in [4.69, 9.17) is 9.47 Å². The van der Waals surface area contributed by atoms with Crippen molar-refractivity contribution in [3.05, 3.63) is 65.0 Å². The summed E-state index contributed by atoms with van der Waals surface area (Å²) >= 11 is 0. The topological polar surface area (TPSA) is 131 Å². The molecule has 2 aromatic carbocycles. The summed E-state index contributed by atoms with van der Waals surface area (Å²) in [4.78, 5) is 48.7. The van der Waals surface area contributed by atoms with Gasteiger partial charge < -0.3 is 25.2 Å². The van der Waals surface area contributed by atoms with Crippen LogP contribution in [0.4, 0.5) is 18.0 Å². The third kappa shape index (κ3) is 8.45. The third-order valence-electron chi connectivity index (χ3n) is 6.37. The molecule has 1 atom stereocenters. The Morgan fingerprint density at radius 1 is 1.03 bits per heavy atom. The molecule has 0 unspecified atom stereocenters. The van der Waals surface area contributed by atoms with Crippen LogP contribution in [-0.2, 0) is 25.7 Å². The fraction of sp³-hybridized carbons (Fsp3) is 0.407. The molecule has 0 saturated heterocycles. The number of ether oxygens (including phenoxy) is 2. The average Bonchev–Trinajstić information content (AvgIpc) is 2.91. The van der Waals surface area contributed by atoms with Gasteiger partial charge in [0.15, 0.2) is 23.2 Å². The molecule has 0 spiro atoms. The lowest BCUT2D eigenvalue weighted by molar-refractivity contribution is -0.141. The Morgan fingerprint density at radius 3 is 2.33 bits per heavy atom. The lowest BCUT2D eigenvalue weighted by atomic mass is 9.85. The summed E-state index contributed by atoms with van der Waals surface area (Å²) in [6.45, 7) is 0.305. The van der Waals surface area contributed by atoms with Crippen molar-refractivity contribution in [2.45, 2.75) is 57.7 Å². The van der Waals surface area contributed by atoms with E-state index in [0.29, 0.717) is 31.7 Å². The van der Waals surface area contributed by atoms with Gasteiger partial charge in [0, 0.05) is 12.0 Å². The fourth-order valence-electron chi connectivity index (χ4n) is 4.21. The highest BCUT2D eigenvalue weighted by atomic mass is 19.2. The van der Waals surface area contributed by atoms with E-state index >= 15 is 0 Å². The third-order valence-corrected chi connectivity index (χ3v) is 6.37. The molecule has 210 valence electrons. The van der Waals surface area contributed by atoms with Crippen molar-refractivity contribution in [3.63, 3.8) is 0 Å². The number of rotatable bonds is 11. The number of carbonyl (C=O) groups is 4. The van der Waals surface area contributed by atoms with Crippen molar-refractivity contribution in [1.29, 1.82) is 0 Å². The first kappa shape index (κ1) is 29.5. The highest BCUT2D eigenvalue weighted by Gasteiger charge is 2.31. The van der Waals surface area contributed by atoms with Crippen molar-refractivity contribution in [2.75, 3.05) is 6.61 Å². The van der Waals surface area contributed by atoms with Crippen LogP contribution >= 0.6 is 0 Å². The molecular formula is C27H29F3N2O7. The Balaban J connectivity index is 1.49. The molecule has 0 bridgehead atoms. The van der Waals surface area contributed by atoms with Gasteiger partial charge >= 0.3 is 12.1 Å². The van der Waals surface area contributed by atoms with Gasteiger partial charge in [-0.25, -0.2) is 13.6 Å². The van der Waals surface area contributed by atoms with Crippen LogP contribution in [-0.4, -0.2) is 47.6 Å². The van der Waals surface area contributed by atoms with Gasteiger partial charge in [0.05, 0.1) is 6.42 Å². The predicted molar refractivity (Wildman–Crippen MR) is 131 cm³/mol. The molecule has 1 fully saturated rings. The molecular weight excluding hydrogens is 521 g/mol. The number of amides is 2. The summed E-state index contributed by atoms with van der Waals surface area (Å²) in [5.41, 5.74) is 0.589. The molecule has 3 rings (SSSR count). The predicted octanol–water partition coefficient (Wildman–Crippen LogP) is 3.80. The minimum Gasteiger partial charge on any atom is -0.481 e. The van der Waals surface area contributed by atoms with E-state index in [1.165, 1.54) is 6.92 Å². The van der Waals surface area contributed by atoms with Gasteiger partial charge in [-0.2, -0.15) is 4.39 Å². The Bertz CT molecular complexity index is 1180. The van der Waals surface area contributed by atoms with Gasteiger partial charge in [0.1, 0.15) is 19.3 Å². The molecule has 1 aliphatic rings. The number of hydrogen-bond donors (Lipinski definition) is 3. The molecule has 1 aliphatic carbocycles. The number of carboxylic acids is 1. The second-order valence-electron chi connectivity index (χ2n) is 9.30. The molecule has 12 heteroatoms. The van der Waals surface area contributed by atoms with Gasteiger partial charge in [-0.05, 0) is 49.8 Å². The van der Waals surface area contributed by atoms with Gasteiger partial charge in [-0.3, -0.25) is 14.4 Å². The average molecular weight is 551 g/mol. The Morgan fingerprint density at radius 2 is 1.69 bits per heavy atom. The minimum atomic E-state index is -1.63. The standard InChI is InChI=1S/C27H29F3N2O7/c1-15-11-19(28)24(30)25(23(15)29)38-14-21(33)20(12-22(34)35)32-26(36)17-7-9-18(10-8-17)31-27(37)39-13-16-5-3-2-4-6-16/h2-6,11,17-18,20H,7-10,12-14H2,1H3,(H,31,37)(H,32,36)(H,34,35)/t17?,18?,20-/m0/s1. The van der Waals surface area contributed by atoms with E-state index < -0.39 is 71.9 Å². The zero-order chi connectivity index (χ0) is 28.5. The SMILES string of the molecule is Cc1cc(F)c(F)c(OCC(=O)[C@H](CC(=O)O)NC(=O)C2CCC(NC(=O)OCc3ccccc3)CC2)c1F. The van der Waals surface area contributed by atoms with E-state index in [9.17, 15) is 37.5 Å². The number of hydrogen-bond acceptors (Lipinski definition) is 6. The monoisotopic (exact) mass is 550 g/mol. The number of nitrogens with one attached hydrogen (secondary N) is 2. The first-order chi connectivity index (χ1) is 18.5. The summed E-state index contributed by atoms with van der Waals surface area (Å²) in [5.74, 6) is -8.77. The number of aliphatic carboxylic acids is 1. The van der Waals surface area contributed by atoms with Crippen LogP contribution in [0.15, 0.2) is 36.4 Å². The first-order valence-corrected chi connectivity index (χ1v) is 12.3. The van der Waals surface area contributed by atoms with Crippen LogP contribution in [0.25, 0.3) is 0 Å². The van der Waals surface area contributed by atoms with Crippen molar-refractivity contribution in [3.8, 4) is 5.75 Å². The summed E-state index contributed by atoms with van der Waals surface area (Å²) in [6, 6.07) is 8.04. The summed E-state index contributed by atoms with van der Waals surface area (Å²) in [7, 11) is 0. The number of alkyl carbamates (subject to hydrolysis) is 1. The molecule has 0 heterocycles. The van der Waals surface area contributed by atoms with E-state index in [0.717, 1.165) is 5.56 Å². The molecule has 0 radical (unpaired) electrons. The molecule has 39 heavy (non-hydrogen) atoms. The van der Waals surface area contributed by atoms with Crippen molar-refractivity contribution in [2.24, 2.45) is 5.92 Å². The first-order valence-electron chi connectivity index (χ1n) is 12.3. The Labute approximate surface area is 222 Å². The number of aryl methyl sites for hydroxylation is 1. The van der Waals surface area contributed by atoms with Gasteiger partial charge in [0.25, 0.3) is 0 Å². The van der Waals surface area contributed by atoms with Gasteiger partial charge in [0.2, 0.25) is 11.7 Å². The maximum Gasteiger partial charge on any atom is 0.407 e.